The minimum Gasteiger partial charge on any atom is -0.346 e. The van der Waals surface area contributed by atoms with Gasteiger partial charge < -0.3 is 9.47 Å². The van der Waals surface area contributed by atoms with Crippen LogP contribution in [0, 0.1) is 5.92 Å². The number of carbonyl (C=O) groups is 1. The number of carbonyl (C=O) groups excluding carboxylic acids is 1. The van der Waals surface area contributed by atoms with Crippen molar-refractivity contribution in [2.24, 2.45) is 5.92 Å². The van der Waals surface area contributed by atoms with Gasteiger partial charge in [-0.25, -0.2) is 0 Å². The summed E-state index contributed by atoms with van der Waals surface area (Å²) in [4.78, 5) is 12.2. The zero-order valence-corrected chi connectivity index (χ0v) is 11.0. The SMILES string of the molecule is CCOC(OCC)C(=O)C1CC1c1ccccc1. The van der Waals surface area contributed by atoms with E-state index < -0.39 is 6.29 Å². The molecular formula is C15H20O3. The number of ketones is 1. The maximum Gasteiger partial charge on any atom is 0.218 e. The van der Waals surface area contributed by atoms with Crippen LogP contribution in [0.3, 0.4) is 0 Å². The molecule has 0 aliphatic heterocycles. The third-order valence-electron chi connectivity index (χ3n) is 3.25. The molecule has 0 saturated heterocycles. The number of hydrogen-bond acceptors (Lipinski definition) is 3. The lowest BCUT2D eigenvalue weighted by Crippen LogP contribution is -2.29. The van der Waals surface area contributed by atoms with Gasteiger partial charge in [0.2, 0.25) is 6.29 Å². The first kappa shape index (κ1) is 13.2. The molecule has 0 aromatic heterocycles. The highest BCUT2D eigenvalue weighted by Crippen LogP contribution is 2.48. The minimum atomic E-state index is -0.682. The minimum absolute atomic E-state index is 0.0653. The van der Waals surface area contributed by atoms with Gasteiger partial charge in [0.05, 0.1) is 0 Å². The highest BCUT2D eigenvalue weighted by atomic mass is 16.7. The number of Topliss-reactive ketones (excluding diaryl/α,β-unsaturated/α-hetero) is 1. The fourth-order valence-electron chi connectivity index (χ4n) is 2.27. The molecule has 0 N–H and O–H groups in total. The second-order valence-electron chi connectivity index (χ2n) is 4.50. The second kappa shape index (κ2) is 6.12. The summed E-state index contributed by atoms with van der Waals surface area (Å²) >= 11 is 0. The van der Waals surface area contributed by atoms with Crippen LogP contribution >= 0.6 is 0 Å². The molecule has 0 spiro atoms. The van der Waals surface area contributed by atoms with Crippen LogP contribution in [-0.4, -0.2) is 25.3 Å². The van der Waals surface area contributed by atoms with Crippen LogP contribution in [0.25, 0.3) is 0 Å². The van der Waals surface area contributed by atoms with Crippen LogP contribution in [0.2, 0.25) is 0 Å². The van der Waals surface area contributed by atoms with Gasteiger partial charge in [0.15, 0.2) is 5.78 Å². The summed E-state index contributed by atoms with van der Waals surface area (Å²) < 4.78 is 10.7. The van der Waals surface area contributed by atoms with Crippen molar-refractivity contribution >= 4 is 5.78 Å². The Balaban J connectivity index is 1.95. The fraction of sp³-hybridized carbons (Fsp3) is 0.533. The zero-order valence-electron chi connectivity index (χ0n) is 11.0. The van der Waals surface area contributed by atoms with Gasteiger partial charge in [-0.15, -0.1) is 0 Å². The maximum absolute atomic E-state index is 12.2. The maximum atomic E-state index is 12.2. The highest BCUT2D eigenvalue weighted by Gasteiger charge is 2.46. The number of rotatable bonds is 7. The quantitative estimate of drug-likeness (QED) is 0.696. The molecule has 1 saturated carbocycles. The van der Waals surface area contributed by atoms with Crippen molar-refractivity contribution in [3.05, 3.63) is 35.9 Å². The Labute approximate surface area is 108 Å². The van der Waals surface area contributed by atoms with Crippen molar-refractivity contribution in [2.45, 2.75) is 32.5 Å². The lowest BCUT2D eigenvalue weighted by Gasteiger charge is -2.15. The van der Waals surface area contributed by atoms with E-state index in [2.05, 4.69) is 12.1 Å². The van der Waals surface area contributed by atoms with Crippen LogP contribution in [0.1, 0.15) is 31.7 Å². The first-order valence-corrected chi connectivity index (χ1v) is 6.59. The third-order valence-corrected chi connectivity index (χ3v) is 3.25. The molecule has 0 heterocycles. The van der Waals surface area contributed by atoms with Gasteiger partial charge in [-0.3, -0.25) is 4.79 Å². The molecule has 2 unspecified atom stereocenters. The lowest BCUT2D eigenvalue weighted by atomic mass is 10.1. The molecule has 1 aliphatic rings. The molecule has 1 aromatic rings. The predicted octanol–water partition coefficient (Wildman–Crippen LogP) is 2.76. The van der Waals surface area contributed by atoms with Crippen molar-refractivity contribution in [1.82, 2.24) is 0 Å². The molecule has 18 heavy (non-hydrogen) atoms. The van der Waals surface area contributed by atoms with E-state index in [0.29, 0.717) is 19.1 Å². The Morgan fingerprint density at radius 2 is 1.83 bits per heavy atom. The summed E-state index contributed by atoms with van der Waals surface area (Å²) in [5, 5.41) is 0. The van der Waals surface area contributed by atoms with Gasteiger partial charge in [-0.2, -0.15) is 0 Å². The summed E-state index contributed by atoms with van der Waals surface area (Å²) in [6, 6.07) is 10.2. The Morgan fingerprint density at radius 1 is 1.22 bits per heavy atom. The summed E-state index contributed by atoms with van der Waals surface area (Å²) in [7, 11) is 0. The average molecular weight is 248 g/mol. The molecule has 98 valence electrons. The van der Waals surface area contributed by atoms with E-state index in [1.165, 1.54) is 5.56 Å². The molecule has 3 nitrogen and oxygen atoms in total. The topological polar surface area (TPSA) is 35.5 Å². The highest BCUT2D eigenvalue weighted by molar-refractivity contribution is 5.88. The van der Waals surface area contributed by atoms with Crippen LogP contribution in [0.5, 0.6) is 0 Å². The van der Waals surface area contributed by atoms with Crippen molar-refractivity contribution < 1.29 is 14.3 Å². The molecule has 0 radical (unpaired) electrons. The van der Waals surface area contributed by atoms with E-state index in [1.54, 1.807) is 0 Å². The Kier molecular flexibility index (Phi) is 4.50. The normalized spacial score (nSPS) is 22.2. The molecule has 1 fully saturated rings. The molecule has 3 heteroatoms. The van der Waals surface area contributed by atoms with Gasteiger partial charge >= 0.3 is 0 Å². The average Bonchev–Trinajstić information content (AvgIpc) is 3.19. The van der Waals surface area contributed by atoms with E-state index in [0.717, 1.165) is 6.42 Å². The second-order valence-corrected chi connectivity index (χ2v) is 4.50. The zero-order chi connectivity index (χ0) is 13.0. The largest absolute Gasteiger partial charge is 0.346 e. The fourth-order valence-corrected chi connectivity index (χ4v) is 2.27. The summed E-state index contributed by atoms with van der Waals surface area (Å²) in [6.07, 6.45) is 0.234. The van der Waals surface area contributed by atoms with Crippen molar-refractivity contribution in [3.8, 4) is 0 Å². The van der Waals surface area contributed by atoms with Crippen LogP contribution in [0.4, 0.5) is 0 Å². The van der Waals surface area contributed by atoms with Crippen LogP contribution in [-0.2, 0) is 14.3 Å². The molecule has 0 bridgehead atoms. The monoisotopic (exact) mass is 248 g/mol. The number of ether oxygens (including phenoxy) is 2. The molecule has 2 atom stereocenters. The smallest absolute Gasteiger partial charge is 0.218 e. The summed E-state index contributed by atoms with van der Waals surface area (Å²) in [5.74, 6) is 0.505. The number of benzene rings is 1. The Morgan fingerprint density at radius 3 is 2.39 bits per heavy atom. The van der Waals surface area contributed by atoms with Crippen molar-refractivity contribution in [3.63, 3.8) is 0 Å². The lowest BCUT2D eigenvalue weighted by molar-refractivity contribution is -0.169. The molecule has 2 rings (SSSR count). The standard InChI is InChI=1S/C15H20O3/c1-3-17-15(18-4-2)14(16)13-10-12(13)11-8-6-5-7-9-11/h5-9,12-13,15H,3-4,10H2,1-2H3. The summed E-state index contributed by atoms with van der Waals surface area (Å²) in [6.45, 7) is 4.75. The predicted molar refractivity (Wildman–Crippen MR) is 69.3 cm³/mol. The Bertz CT molecular complexity index is 382. The van der Waals surface area contributed by atoms with Gasteiger partial charge in [-0.1, -0.05) is 30.3 Å². The summed E-state index contributed by atoms with van der Waals surface area (Å²) in [5.41, 5.74) is 1.24. The van der Waals surface area contributed by atoms with Crippen molar-refractivity contribution in [2.75, 3.05) is 13.2 Å². The van der Waals surface area contributed by atoms with E-state index in [1.807, 2.05) is 32.0 Å². The molecule has 1 aromatic carbocycles. The van der Waals surface area contributed by atoms with Crippen LogP contribution in [0.15, 0.2) is 30.3 Å². The van der Waals surface area contributed by atoms with Gasteiger partial charge in [0, 0.05) is 19.1 Å². The van der Waals surface area contributed by atoms with E-state index in [-0.39, 0.29) is 11.7 Å². The van der Waals surface area contributed by atoms with Crippen LogP contribution < -0.4 is 0 Å². The first-order valence-electron chi connectivity index (χ1n) is 6.59. The van der Waals surface area contributed by atoms with E-state index in [4.69, 9.17) is 9.47 Å². The molecule has 0 amide bonds. The van der Waals surface area contributed by atoms with Gasteiger partial charge in [0.25, 0.3) is 0 Å². The molecular weight excluding hydrogens is 228 g/mol. The first-order chi connectivity index (χ1) is 8.77. The van der Waals surface area contributed by atoms with Gasteiger partial charge in [0.1, 0.15) is 0 Å². The Hall–Kier alpha value is -1.19. The van der Waals surface area contributed by atoms with E-state index in [9.17, 15) is 4.79 Å². The van der Waals surface area contributed by atoms with Crippen molar-refractivity contribution in [1.29, 1.82) is 0 Å². The van der Waals surface area contributed by atoms with Gasteiger partial charge in [-0.05, 0) is 31.7 Å². The van der Waals surface area contributed by atoms with E-state index >= 15 is 0 Å². The number of hydrogen-bond donors (Lipinski definition) is 0. The third kappa shape index (κ3) is 2.98. The molecule has 1 aliphatic carbocycles.